The third kappa shape index (κ3) is 3.94. The SMILES string of the molecule is Cc1cc(CNc2ccc(C(=O)N3C[C@H](C)O[C@@H](C)C3)cc2)no1. The van der Waals surface area contributed by atoms with Crippen LogP contribution in [-0.2, 0) is 11.3 Å². The van der Waals surface area contributed by atoms with Gasteiger partial charge in [-0.2, -0.15) is 0 Å². The lowest BCUT2D eigenvalue weighted by Gasteiger charge is -2.35. The van der Waals surface area contributed by atoms with Gasteiger partial charge >= 0.3 is 0 Å². The molecule has 6 heteroatoms. The molecule has 1 aromatic carbocycles. The summed E-state index contributed by atoms with van der Waals surface area (Å²) in [6.45, 7) is 7.71. The number of aryl methyl sites for hydroxylation is 1. The van der Waals surface area contributed by atoms with Crippen LogP contribution in [0.25, 0.3) is 0 Å². The molecule has 0 spiro atoms. The lowest BCUT2D eigenvalue weighted by atomic mass is 10.1. The van der Waals surface area contributed by atoms with Crippen molar-refractivity contribution in [1.29, 1.82) is 0 Å². The van der Waals surface area contributed by atoms with Gasteiger partial charge in [-0.25, -0.2) is 0 Å². The third-order valence-corrected chi connectivity index (χ3v) is 3.99. The number of carbonyl (C=O) groups is 1. The summed E-state index contributed by atoms with van der Waals surface area (Å²) in [5, 5.41) is 7.21. The Morgan fingerprint density at radius 1 is 1.25 bits per heavy atom. The molecule has 3 rings (SSSR count). The maximum atomic E-state index is 12.6. The van der Waals surface area contributed by atoms with Gasteiger partial charge in [-0.05, 0) is 45.0 Å². The Bertz CT molecular complexity index is 686. The van der Waals surface area contributed by atoms with Crippen LogP contribution in [0.2, 0.25) is 0 Å². The fourth-order valence-corrected chi connectivity index (χ4v) is 2.95. The molecule has 0 aliphatic carbocycles. The largest absolute Gasteiger partial charge is 0.379 e. The molecule has 0 bridgehead atoms. The molecular formula is C18H23N3O3. The molecule has 1 N–H and O–H groups in total. The minimum absolute atomic E-state index is 0.0516. The number of nitrogens with zero attached hydrogens (tertiary/aromatic N) is 2. The summed E-state index contributed by atoms with van der Waals surface area (Å²) in [6, 6.07) is 9.42. The topological polar surface area (TPSA) is 67.6 Å². The zero-order chi connectivity index (χ0) is 17.1. The van der Waals surface area contributed by atoms with E-state index in [9.17, 15) is 4.79 Å². The van der Waals surface area contributed by atoms with Gasteiger partial charge in [0.05, 0.1) is 18.8 Å². The van der Waals surface area contributed by atoms with E-state index < -0.39 is 0 Å². The molecular weight excluding hydrogens is 306 g/mol. The van der Waals surface area contributed by atoms with Crippen LogP contribution in [0.1, 0.15) is 35.7 Å². The molecule has 1 saturated heterocycles. The van der Waals surface area contributed by atoms with Crippen LogP contribution in [0.3, 0.4) is 0 Å². The van der Waals surface area contributed by atoms with Crippen LogP contribution >= 0.6 is 0 Å². The van der Waals surface area contributed by atoms with Gasteiger partial charge in [-0.1, -0.05) is 5.16 Å². The van der Waals surface area contributed by atoms with Crippen LogP contribution < -0.4 is 5.32 Å². The van der Waals surface area contributed by atoms with Gasteiger partial charge < -0.3 is 19.5 Å². The molecule has 2 heterocycles. The van der Waals surface area contributed by atoms with Crippen LogP contribution in [-0.4, -0.2) is 41.3 Å². The summed E-state index contributed by atoms with van der Waals surface area (Å²) in [4.78, 5) is 14.5. The molecule has 0 saturated carbocycles. The number of nitrogens with one attached hydrogen (secondary N) is 1. The molecule has 24 heavy (non-hydrogen) atoms. The summed E-state index contributed by atoms with van der Waals surface area (Å²) in [7, 11) is 0. The quantitative estimate of drug-likeness (QED) is 0.934. The van der Waals surface area contributed by atoms with Crippen molar-refractivity contribution >= 4 is 11.6 Å². The standard InChI is InChI=1S/C18H23N3O3/c1-12-8-17(20-24-12)9-19-16-6-4-15(5-7-16)18(22)21-10-13(2)23-14(3)11-21/h4-8,13-14,19H,9-11H2,1-3H3/t13-,14-/m0/s1. The number of amides is 1. The molecule has 1 aliphatic rings. The van der Waals surface area contributed by atoms with Crippen molar-refractivity contribution in [3.05, 3.63) is 47.3 Å². The number of aromatic nitrogens is 1. The van der Waals surface area contributed by atoms with Gasteiger partial charge in [0.15, 0.2) is 0 Å². The van der Waals surface area contributed by atoms with E-state index in [0.29, 0.717) is 25.2 Å². The maximum Gasteiger partial charge on any atom is 0.254 e. The van der Waals surface area contributed by atoms with E-state index in [1.54, 1.807) is 0 Å². The van der Waals surface area contributed by atoms with E-state index in [-0.39, 0.29) is 18.1 Å². The Labute approximate surface area is 141 Å². The van der Waals surface area contributed by atoms with Crippen molar-refractivity contribution in [1.82, 2.24) is 10.1 Å². The van der Waals surface area contributed by atoms with Crippen molar-refractivity contribution in [2.45, 2.75) is 39.5 Å². The zero-order valence-electron chi connectivity index (χ0n) is 14.3. The molecule has 0 radical (unpaired) electrons. The van der Waals surface area contributed by atoms with E-state index >= 15 is 0 Å². The summed E-state index contributed by atoms with van der Waals surface area (Å²) in [5.74, 6) is 0.845. The van der Waals surface area contributed by atoms with Gasteiger partial charge in [0.2, 0.25) is 0 Å². The number of benzene rings is 1. The van der Waals surface area contributed by atoms with Gasteiger partial charge in [-0.3, -0.25) is 4.79 Å². The molecule has 2 atom stereocenters. The Balaban J connectivity index is 1.60. The summed E-state index contributed by atoms with van der Waals surface area (Å²) >= 11 is 0. The molecule has 1 amide bonds. The van der Waals surface area contributed by atoms with Crippen molar-refractivity contribution < 1.29 is 14.1 Å². The predicted octanol–water partition coefficient (Wildman–Crippen LogP) is 2.84. The van der Waals surface area contributed by atoms with E-state index in [1.165, 1.54) is 0 Å². The number of ether oxygens (including phenoxy) is 1. The summed E-state index contributed by atoms with van der Waals surface area (Å²) in [6.07, 6.45) is 0.147. The highest BCUT2D eigenvalue weighted by Gasteiger charge is 2.26. The molecule has 6 nitrogen and oxygen atoms in total. The van der Waals surface area contributed by atoms with Crippen molar-refractivity contribution in [2.24, 2.45) is 0 Å². The highest BCUT2D eigenvalue weighted by molar-refractivity contribution is 5.94. The number of rotatable bonds is 4. The highest BCUT2D eigenvalue weighted by atomic mass is 16.5. The van der Waals surface area contributed by atoms with Gasteiger partial charge in [0, 0.05) is 30.4 Å². The highest BCUT2D eigenvalue weighted by Crippen LogP contribution is 2.17. The first kappa shape index (κ1) is 16.5. The van der Waals surface area contributed by atoms with Crippen LogP contribution in [0.4, 0.5) is 5.69 Å². The summed E-state index contributed by atoms with van der Waals surface area (Å²) in [5.41, 5.74) is 2.49. The average Bonchev–Trinajstić information content (AvgIpc) is 2.97. The fraction of sp³-hybridized carbons (Fsp3) is 0.444. The normalized spacial score (nSPS) is 20.9. The van der Waals surface area contributed by atoms with Crippen LogP contribution in [0.15, 0.2) is 34.9 Å². The Hall–Kier alpha value is -2.34. The van der Waals surface area contributed by atoms with E-state index in [4.69, 9.17) is 9.26 Å². The van der Waals surface area contributed by atoms with E-state index in [0.717, 1.165) is 17.1 Å². The monoisotopic (exact) mass is 329 g/mol. The van der Waals surface area contributed by atoms with E-state index in [1.807, 2.05) is 56.0 Å². The first-order valence-corrected chi connectivity index (χ1v) is 8.22. The summed E-state index contributed by atoms with van der Waals surface area (Å²) < 4.78 is 10.7. The van der Waals surface area contributed by atoms with Gasteiger partial charge in [0.1, 0.15) is 11.5 Å². The van der Waals surface area contributed by atoms with Crippen molar-refractivity contribution in [3.63, 3.8) is 0 Å². The molecule has 0 unspecified atom stereocenters. The lowest BCUT2D eigenvalue weighted by molar-refractivity contribution is -0.0586. The van der Waals surface area contributed by atoms with E-state index in [2.05, 4.69) is 10.5 Å². The Morgan fingerprint density at radius 2 is 1.92 bits per heavy atom. The Kier molecular flexibility index (Phi) is 4.85. The maximum absolute atomic E-state index is 12.6. The number of morpholine rings is 1. The molecule has 128 valence electrons. The average molecular weight is 329 g/mol. The van der Waals surface area contributed by atoms with Crippen LogP contribution in [0.5, 0.6) is 0 Å². The molecule has 1 aromatic heterocycles. The second kappa shape index (κ2) is 7.05. The minimum atomic E-state index is 0.0516. The van der Waals surface area contributed by atoms with Gasteiger partial charge in [0.25, 0.3) is 5.91 Å². The first-order chi connectivity index (χ1) is 11.5. The predicted molar refractivity (Wildman–Crippen MR) is 90.9 cm³/mol. The van der Waals surface area contributed by atoms with Gasteiger partial charge in [-0.15, -0.1) is 0 Å². The molecule has 1 fully saturated rings. The lowest BCUT2D eigenvalue weighted by Crippen LogP contribution is -2.48. The van der Waals surface area contributed by atoms with Crippen molar-refractivity contribution in [3.8, 4) is 0 Å². The van der Waals surface area contributed by atoms with Crippen LogP contribution in [0, 0.1) is 6.92 Å². The second-order valence-electron chi connectivity index (χ2n) is 6.33. The number of hydrogen-bond acceptors (Lipinski definition) is 5. The number of anilines is 1. The first-order valence-electron chi connectivity index (χ1n) is 8.22. The minimum Gasteiger partial charge on any atom is -0.379 e. The zero-order valence-corrected chi connectivity index (χ0v) is 14.3. The number of carbonyl (C=O) groups excluding carboxylic acids is 1. The molecule has 1 aliphatic heterocycles. The number of hydrogen-bond donors (Lipinski definition) is 1. The fourth-order valence-electron chi connectivity index (χ4n) is 2.95. The second-order valence-corrected chi connectivity index (χ2v) is 6.33. The smallest absolute Gasteiger partial charge is 0.254 e. The molecule has 2 aromatic rings. The van der Waals surface area contributed by atoms with Crippen molar-refractivity contribution in [2.75, 3.05) is 18.4 Å². The Morgan fingerprint density at radius 3 is 2.50 bits per heavy atom. The third-order valence-electron chi connectivity index (χ3n) is 3.99.